The summed E-state index contributed by atoms with van der Waals surface area (Å²) in [7, 11) is 2.06. The molecule has 2 unspecified atom stereocenters. The van der Waals surface area contributed by atoms with Crippen molar-refractivity contribution in [3.05, 3.63) is 71.8 Å². The molecule has 1 aliphatic rings. The average Bonchev–Trinajstić information content (AvgIpc) is 2.63. The van der Waals surface area contributed by atoms with Crippen LogP contribution in [-0.2, 0) is 11.3 Å². The predicted octanol–water partition coefficient (Wildman–Crippen LogP) is 2.55. The maximum absolute atomic E-state index is 10.5. The second-order valence-electron chi connectivity index (χ2n) is 6.87. The first-order valence-corrected chi connectivity index (χ1v) is 9.00. The molecule has 0 aromatic heterocycles. The van der Waals surface area contributed by atoms with E-state index in [9.17, 15) is 5.11 Å². The highest BCUT2D eigenvalue weighted by molar-refractivity contribution is 5.18. The molecule has 134 valence electrons. The normalized spacial score (nSPS) is 19.9. The fraction of sp³-hybridized carbons (Fsp3) is 0.429. The van der Waals surface area contributed by atoms with Gasteiger partial charge in [0.15, 0.2) is 0 Å². The molecule has 1 heterocycles. The smallest absolute Gasteiger partial charge is 0.0952 e. The summed E-state index contributed by atoms with van der Waals surface area (Å²) in [6.45, 7) is 4.64. The van der Waals surface area contributed by atoms with Crippen LogP contribution in [0.3, 0.4) is 0 Å². The summed E-state index contributed by atoms with van der Waals surface area (Å²) in [5.74, 6) is 0. The molecule has 0 spiro atoms. The molecule has 1 N–H and O–H groups in total. The van der Waals surface area contributed by atoms with Gasteiger partial charge in [-0.2, -0.15) is 0 Å². The maximum Gasteiger partial charge on any atom is 0.0952 e. The van der Waals surface area contributed by atoms with Gasteiger partial charge in [-0.05, 0) is 18.2 Å². The van der Waals surface area contributed by atoms with Crippen LogP contribution in [0.25, 0.3) is 0 Å². The summed E-state index contributed by atoms with van der Waals surface area (Å²) in [5, 5.41) is 10.5. The van der Waals surface area contributed by atoms with E-state index < -0.39 is 0 Å². The van der Waals surface area contributed by atoms with E-state index in [0.29, 0.717) is 19.7 Å². The third-order valence-electron chi connectivity index (χ3n) is 4.61. The lowest BCUT2D eigenvalue weighted by molar-refractivity contribution is -0.0444. The van der Waals surface area contributed by atoms with E-state index in [-0.39, 0.29) is 12.2 Å². The molecule has 0 bridgehead atoms. The summed E-state index contributed by atoms with van der Waals surface area (Å²) >= 11 is 0. The molecule has 2 aromatic carbocycles. The van der Waals surface area contributed by atoms with Gasteiger partial charge >= 0.3 is 0 Å². The van der Waals surface area contributed by atoms with E-state index in [1.807, 2.05) is 24.3 Å². The highest BCUT2D eigenvalue weighted by atomic mass is 16.5. The van der Waals surface area contributed by atoms with Gasteiger partial charge in [-0.25, -0.2) is 0 Å². The van der Waals surface area contributed by atoms with Gasteiger partial charge in [0.2, 0.25) is 0 Å². The average molecular weight is 340 g/mol. The predicted molar refractivity (Wildman–Crippen MR) is 100 cm³/mol. The van der Waals surface area contributed by atoms with Crippen LogP contribution < -0.4 is 0 Å². The molecule has 1 aliphatic heterocycles. The molecule has 3 rings (SSSR count). The maximum atomic E-state index is 10.5. The number of morpholine rings is 1. The minimum atomic E-state index is -0.358. The van der Waals surface area contributed by atoms with Gasteiger partial charge in [0.1, 0.15) is 0 Å². The van der Waals surface area contributed by atoms with Crippen LogP contribution in [0.5, 0.6) is 0 Å². The van der Waals surface area contributed by atoms with Crippen molar-refractivity contribution < 1.29 is 9.84 Å². The fourth-order valence-corrected chi connectivity index (χ4v) is 3.41. The number of hydrogen-bond acceptors (Lipinski definition) is 4. The van der Waals surface area contributed by atoms with Crippen LogP contribution in [-0.4, -0.2) is 60.8 Å². The second-order valence-corrected chi connectivity index (χ2v) is 6.87. The Kier molecular flexibility index (Phi) is 6.59. The number of β-amino-alcohol motifs (C(OH)–C–C–N with tert-alkyl or cyclic N) is 1. The molecule has 0 amide bonds. The van der Waals surface area contributed by atoms with E-state index in [2.05, 4.69) is 53.2 Å². The van der Waals surface area contributed by atoms with Crippen LogP contribution in [0.4, 0.5) is 0 Å². The van der Waals surface area contributed by atoms with E-state index in [1.165, 1.54) is 11.1 Å². The van der Waals surface area contributed by atoms with E-state index >= 15 is 0 Å². The summed E-state index contributed by atoms with van der Waals surface area (Å²) in [5.41, 5.74) is 2.48. The molecule has 1 fully saturated rings. The van der Waals surface area contributed by atoms with Gasteiger partial charge in [-0.3, -0.25) is 9.80 Å². The van der Waals surface area contributed by atoms with E-state index in [1.54, 1.807) is 0 Å². The van der Waals surface area contributed by atoms with Crippen molar-refractivity contribution in [2.75, 3.05) is 39.8 Å². The van der Waals surface area contributed by atoms with Gasteiger partial charge in [0.05, 0.1) is 18.8 Å². The number of rotatable bonds is 7. The molecule has 2 atom stereocenters. The molecule has 0 saturated carbocycles. The molecule has 0 aliphatic carbocycles. The third-order valence-corrected chi connectivity index (χ3v) is 4.61. The number of likely N-dealkylation sites (N-methyl/N-ethyl adjacent to an activating group) is 1. The first kappa shape index (κ1) is 18.1. The molecule has 1 saturated heterocycles. The summed E-state index contributed by atoms with van der Waals surface area (Å²) in [4.78, 5) is 4.48. The molecule has 0 radical (unpaired) electrons. The van der Waals surface area contributed by atoms with Gasteiger partial charge in [-0.15, -0.1) is 0 Å². The minimum Gasteiger partial charge on any atom is -0.390 e. The number of nitrogens with zero attached hydrogens (tertiary/aromatic N) is 2. The highest BCUT2D eigenvalue weighted by Gasteiger charge is 2.23. The van der Waals surface area contributed by atoms with Crippen molar-refractivity contribution in [3.63, 3.8) is 0 Å². The van der Waals surface area contributed by atoms with Crippen LogP contribution in [0, 0.1) is 0 Å². The third kappa shape index (κ3) is 5.65. The molecular formula is C21H28N2O2. The van der Waals surface area contributed by atoms with Crippen LogP contribution in [0.1, 0.15) is 17.2 Å². The SMILES string of the molecule is CN(Cc1ccccc1)CC(O)CN1CCOC(c2ccccc2)C1. The number of ether oxygens (including phenoxy) is 1. The van der Waals surface area contributed by atoms with Crippen LogP contribution >= 0.6 is 0 Å². The molecule has 4 heteroatoms. The van der Waals surface area contributed by atoms with Crippen molar-refractivity contribution in [1.29, 1.82) is 0 Å². The summed E-state index contributed by atoms with van der Waals surface area (Å²) in [6.07, 6.45) is -0.257. The quantitative estimate of drug-likeness (QED) is 0.840. The lowest BCUT2D eigenvalue weighted by Crippen LogP contribution is -2.44. The Morgan fingerprint density at radius 2 is 1.80 bits per heavy atom. The number of hydrogen-bond donors (Lipinski definition) is 1. The molecule has 4 nitrogen and oxygen atoms in total. The van der Waals surface area contributed by atoms with Gasteiger partial charge in [0, 0.05) is 32.7 Å². The number of benzene rings is 2. The van der Waals surface area contributed by atoms with Crippen LogP contribution in [0.15, 0.2) is 60.7 Å². The second kappa shape index (κ2) is 9.11. The first-order valence-electron chi connectivity index (χ1n) is 9.00. The van der Waals surface area contributed by atoms with Gasteiger partial charge < -0.3 is 9.84 Å². The topological polar surface area (TPSA) is 35.9 Å². The Morgan fingerprint density at radius 1 is 1.12 bits per heavy atom. The Balaban J connectivity index is 1.46. The largest absolute Gasteiger partial charge is 0.390 e. The Labute approximate surface area is 150 Å². The van der Waals surface area contributed by atoms with Crippen molar-refractivity contribution >= 4 is 0 Å². The lowest BCUT2D eigenvalue weighted by atomic mass is 10.1. The molecule has 25 heavy (non-hydrogen) atoms. The lowest BCUT2D eigenvalue weighted by Gasteiger charge is -2.35. The Morgan fingerprint density at radius 3 is 2.52 bits per heavy atom. The van der Waals surface area contributed by atoms with Gasteiger partial charge in [0.25, 0.3) is 0 Å². The molecule has 2 aromatic rings. The van der Waals surface area contributed by atoms with E-state index in [4.69, 9.17) is 4.74 Å². The standard InChI is InChI=1S/C21H28N2O2/c1-22(14-18-8-4-2-5-9-18)15-20(24)16-23-12-13-25-21(17-23)19-10-6-3-7-11-19/h2-11,20-21,24H,12-17H2,1H3. The fourth-order valence-electron chi connectivity index (χ4n) is 3.41. The van der Waals surface area contributed by atoms with Crippen molar-refractivity contribution in [2.24, 2.45) is 0 Å². The Hall–Kier alpha value is -1.72. The minimum absolute atomic E-state index is 0.101. The molecular weight excluding hydrogens is 312 g/mol. The Bertz CT molecular complexity index is 620. The highest BCUT2D eigenvalue weighted by Crippen LogP contribution is 2.22. The monoisotopic (exact) mass is 340 g/mol. The van der Waals surface area contributed by atoms with Crippen LogP contribution in [0.2, 0.25) is 0 Å². The zero-order valence-electron chi connectivity index (χ0n) is 14.9. The zero-order chi connectivity index (χ0) is 17.5. The van der Waals surface area contributed by atoms with E-state index in [0.717, 1.165) is 19.6 Å². The first-order chi connectivity index (χ1) is 12.2. The van der Waals surface area contributed by atoms with Crippen molar-refractivity contribution in [2.45, 2.75) is 18.8 Å². The van der Waals surface area contributed by atoms with Crippen molar-refractivity contribution in [3.8, 4) is 0 Å². The zero-order valence-corrected chi connectivity index (χ0v) is 14.9. The number of aliphatic hydroxyl groups is 1. The summed E-state index contributed by atoms with van der Waals surface area (Å²) < 4.78 is 5.90. The number of aliphatic hydroxyl groups excluding tert-OH is 1. The van der Waals surface area contributed by atoms with Gasteiger partial charge in [-0.1, -0.05) is 60.7 Å². The summed E-state index contributed by atoms with van der Waals surface area (Å²) in [6, 6.07) is 20.7. The van der Waals surface area contributed by atoms with Crippen molar-refractivity contribution in [1.82, 2.24) is 9.80 Å².